The first-order chi connectivity index (χ1) is 14.7. The number of aromatic nitrogens is 2. The van der Waals surface area contributed by atoms with E-state index in [0.717, 1.165) is 30.5 Å². The minimum atomic E-state index is -1.12. The van der Waals surface area contributed by atoms with Crippen LogP contribution < -0.4 is 16.4 Å². The van der Waals surface area contributed by atoms with Crippen LogP contribution >= 0.6 is 0 Å². The van der Waals surface area contributed by atoms with Crippen molar-refractivity contribution in [3.8, 4) is 5.75 Å². The lowest BCUT2D eigenvalue weighted by atomic mass is 9.76. The molecule has 0 radical (unpaired) electrons. The summed E-state index contributed by atoms with van der Waals surface area (Å²) in [5.41, 5.74) is 9.20. The van der Waals surface area contributed by atoms with Crippen LogP contribution in [0.3, 0.4) is 0 Å². The molecule has 1 aromatic heterocycles. The smallest absolute Gasteiger partial charge is 0.339 e. The van der Waals surface area contributed by atoms with Crippen molar-refractivity contribution in [2.75, 3.05) is 13.2 Å². The number of carboxylic acids is 1. The summed E-state index contributed by atoms with van der Waals surface area (Å²) in [6.07, 6.45) is 2.76. The number of carbonyl (C=O) groups is 1. The molecule has 166 valence electrons. The highest BCUT2D eigenvalue weighted by atomic mass is 16.6. The van der Waals surface area contributed by atoms with Gasteiger partial charge in [0.05, 0.1) is 5.70 Å². The number of aromatic carboxylic acids is 1. The average molecular weight is 428 g/mol. The Morgan fingerprint density at radius 1 is 1.42 bits per heavy atom. The summed E-state index contributed by atoms with van der Waals surface area (Å²) in [4.78, 5) is 21.1. The summed E-state index contributed by atoms with van der Waals surface area (Å²) in [7, 11) is 1.89. The SMILES string of the molecule is C=C(N=C(ON)c1nn(C)c2c1CCC(C)(C)C2)c1ccc(OCCN)c(C(=O)O)c1. The van der Waals surface area contributed by atoms with Crippen LogP contribution in [0.5, 0.6) is 5.75 Å². The highest BCUT2D eigenvalue weighted by molar-refractivity contribution is 5.98. The second-order valence-electron chi connectivity index (χ2n) is 8.37. The van der Waals surface area contributed by atoms with Crippen LogP contribution in [0, 0.1) is 5.41 Å². The molecule has 2 aromatic rings. The molecule has 0 saturated carbocycles. The molecule has 0 aliphatic heterocycles. The van der Waals surface area contributed by atoms with Gasteiger partial charge in [-0.05, 0) is 42.9 Å². The van der Waals surface area contributed by atoms with Crippen LogP contribution in [0.25, 0.3) is 5.70 Å². The highest BCUT2D eigenvalue weighted by Gasteiger charge is 2.32. The molecule has 0 spiro atoms. The standard InChI is InChI=1S/C22H29N5O4/c1-13(14-5-6-18(30-10-9-23)16(11-14)21(28)29)25-20(31-24)19-15-7-8-22(2,3)12-17(15)27(4)26-19/h5-6,11H,1,7-10,12,23-24H2,2-4H3,(H,28,29). The van der Waals surface area contributed by atoms with Crippen molar-refractivity contribution >= 4 is 17.6 Å². The van der Waals surface area contributed by atoms with Gasteiger partial charge in [0.25, 0.3) is 5.90 Å². The van der Waals surface area contributed by atoms with Gasteiger partial charge >= 0.3 is 5.97 Å². The lowest BCUT2D eigenvalue weighted by molar-refractivity contribution is 0.0692. The number of aliphatic imine (C=N–C) groups is 1. The predicted molar refractivity (Wildman–Crippen MR) is 118 cm³/mol. The second kappa shape index (κ2) is 8.91. The number of aryl methyl sites for hydroxylation is 1. The molecule has 0 unspecified atom stereocenters. The minimum Gasteiger partial charge on any atom is -0.491 e. The van der Waals surface area contributed by atoms with E-state index in [2.05, 4.69) is 30.5 Å². The van der Waals surface area contributed by atoms with Gasteiger partial charge in [-0.25, -0.2) is 9.79 Å². The summed E-state index contributed by atoms with van der Waals surface area (Å²) in [6, 6.07) is 4.68. The van der Waals surface area contributed by atoms with Crippen LogP contribution in [-0.2, 0) is 24.7 Å². The molecular formula is C22H29N5O4. The number of nitrogens with zero attached hydrogens (tertiary/aromatic N) is 3. The molecule has 0 bridgehead atoms. The quantitative estimate of drug-likeness (QED) is 0.350. The van der Waals surface area contributed by atoms with Gasteiger partial charge in [0.15, 0.2) is 5.69 Å². The molecule has 9 nitrogen and oxygen atoms in total. The zero-order chi connectivity index (χ0) is 22.8. The van der Waals surface area contributed by atoms with Gasteiger partial charge in [0, 0.05) is 30.4 Å². The van der Waals surface area contributed by atoms with Crippen molar-refractivity contribution in [3.05, 3.63) is 52.9 Å². The molecule has 0 saturated heterocycles. The van der Waals surface area contributed by atoms with Crippen LogP contribution in [0.15, 0.2) is 29.8 Å². The van der Waals surface area contributed by atoms with Gasteiger partial charge in [0.2, 0.25) is 0 Å². The summed E-state index contributed by atoms with van der Waals surface area (Å²) in [5.74, 6) is 4.79. The Morgan fingerprint density at radius 2 is 2.16 bits per heavy atom. The van der Waals surface area contributed by atoms with Gasteiger partial charge in [-0.3, -0.25) is 4.68 Å². The normalized spacial score (nSPS) is 15.3. The van der Waals surface area contributed by atoms with Gasteiger partial charge in [-0.15, -0.1) is 0 Å². The van der Waals surface area contributed by atoms with Gasteiger partial charge in [-0.2, -0.15) is 11.0 Å². The molecule has 9 heteroatoms. The highest BCUT2D eigenvalue weighted by Crippen LogP contribution is 2.36. The molecule has 0 atom stereocenters. The summed E-state index contributed by atoms with van der Waals surface area (Å²) < 4.78 is 7.25. The van der Waals surface area contributed by atoms with E-state index >= 15 is 0 Å². The molecule has 5 N–H and O–H groups in total. The fourth-order valence-corrected chi connectivity index (χ4v) is 3.76. The maximum absolute atomic E-state index is 11.6. The predicted octanol–water partition coefficient (Wildman–Crippen LogP) is 2.28. The Balaban J connectivity index is 1.95. The fraction of sp³-hybridized carbons (Fsp3) is 0.409. The van der Waals surface area contributed by atoms with Crippen LogP contribution in [0.4, 0.5) is 0 Å². The molecule has 0 fully saturated rings. The molecule has 1 aliphatic rings. The van der Waals surface area contributed by atoms with E-state index in [1.807, 2.05) is 11.7 Å². The second-order valence-corrected chi connectivity index (χ2v) is 8.37. The van der Waals surface area contributed by atoms with Crippen LogP contribution in [0.2, 0.25) is 0 Å². The third kappa shape index (κ3) is 4.78. The van der Waals surface area contributed by atoms with E-state index in [1.54, 1.807) is 12.1 Å². The molecule has 31 heavy (non-hydrogen) atoms. The van der Waals surface area contributed by atoms with Gasteiger partial charge in [0.1, 0.15) is 17.9 Å². The maximum Gasteiger partial charge on any atom is 0.339 e. The van der Waals surface area contributed by atoms with Crippen LogP contribution in [-0.4, -0.2) is 39.9 Å². The third-order valence-corrected chi connectivity index (χ3v) is 5.44. The first-order valence-electron chi connectivity index (χ1n) is 10.1. The fourth-order valence-electron chi connectivity index (χ4n) is 3.76. The average Bonchev–Trinajstić information content (AvgIpc) is 3.04. The number of ether oxygens (including phenoxy) is 1. The molecule has 1 aliphatic carbocycles. The topological polar surface area (TPSA) is 138 Å². The monoisotopic (exact) mass is 427 g/mol. The van der Waals surface area contributed by atoms with Crippen molar-refractivity contribution in [1.82, 2.24) is 9.78 Å². The van der Waals surface area contributed by atoms with Crippen molar-refractivity contribution in [2.45, 2.75) is 33.1 Å². The zero-order valence-electron chi connectivity index (χ0n) is 18.1. The first kappa shape index (κ1) is 22.5. The maximum atomic E-state index is 11.6. The van der Waals surface area contributed by atoms with Crippen molar-refractivity contribution < 1.29 is 19.5 Å². The summed E-state index contributed by atoms with van der Waals surface area (Å²) in [6.45, 7) is 8.93. The number of benzene rings is 1. The van der Waals surface area contributed by atoms with E-state index in [-0.39, 0.29) is 35.8 Å². The third-order valence-electron chi connectivity index (χ3n) is 5.44. The Bertz CT molecular complexity index is 1040. The summed E-state index contributed by atoms with van der Waals surface area (Å²) in [5, 5.41) is 14.1. The lowest BCUT2D eigenvalue weighted by Crippen LogP contribution is -2.24. The van der Waals surface area contributed by atoms with E-state index in [9.17, 15) is 9.90 Å². The number of rotatable bonds is 7. The van der Waals surface area contributed by atoms with Crippen molar-refractivity contribution in [1.29, 1.82) is 0 Å². The Labute approximate surface area is 181 Å². The Kier molecular flexibility index (Phi) is 6.47. The molecule has 0 amide bonds. The Hall–Kier alpha value is -3.17. The van der Waals surface area contributed by atoms with E-state index in [1.165, 1.54) is 6.07 Å². The number of fused-ring (bicyclic) bond motifs is 1. The molecule has 3 rings (SSSR count). The molecule has 1 aromatic carbocycles. The number of carboxylic acid groups (broad SMARTS) is 1. The molecular weight excluding hydrogens is 398 g/mol. The largest absolute Gasteiger partial charge is 0.491 e. The number of hydrogen-bond donors (Lipinski definition) is 3. The van der Waals surface area contributed by atoms with Crippen molar-refractivity contribution in [2.24, 2.45) is 29.1 Å². The lowest BCUT2D eigenvalue weighted by Gasteiger charge is -2.29. The van der Waals surface area contributed by atoms with E-state index in [0.29, 0.717) is 17.0 Å². The first-order valence-corrected chi connectivity index (χ1v) is 10.1. The van der Waals surface area contributed by atoms with Gasteiger partial charge in [-0.1, -0.05) is 20.4 Å². The molecule has 1 heterocycles. The van der Waals surface area contributed by atoms with Crippen LogP contribution in [0.1, 0.15) is 53.1 Å². The van der Waals surface area contributed by atoms with Gasteiger partial charge < -0.3 is 20.4 Å². The zero-order valence-corrected chi connectivity index (χ0v) is 18.1. The minimum absolute atomic E-state index is 0.00466. The van der Waals surface area contributed by atoms with Crippen molar-refractivity contribution in [3.63, 3.8) is 0 Å². The van der Waals surface area contributed by atoms with E-state index in [4.69, 9.17) is 21.2 Å². The summed E-state index contributed by atoms with van der Waals surface area (Å²) >= 11 is 0. The number of hydrogen-bond acceptors (Lipinski definition) is 7. The Morgan fingerprint density at radius 3 is 2.81 bits per heavy atom. The van der Waals surface area contributed by atoms with E-state index < -0.39 is 5.97 Å². The number of nitrogens with two attached hydrogens (primary N) is 2.